The summed E-state index contributed by atoms with van der Waals surface area (Å²) in [6.07, 6.45) is 4.80. The van der Waals surface area contributed by atoms with Crippen molar-refractivity contribution in [3.05, 3.63) is 41.5 Å². The molecule has 1 saturated heterocycles. The molecule has 1 aromatic rings. The van der Waals surface area contributed by atoms with Gasteiger partial charge in [0.05, 0.1) is 24.2 Å². The van der Waals surface area contributed by atoms with Gasteiger partial charge < -0.3 is 9.64 Å². The third-order valence-electron chi connectivity index (χ3n) is 3.81. The van der Waals surface area contributed by atoms with Gasteiger partial charge in [-0.15, -0.1) is 0 Å². The molecule has 1 amide bonds. The maximum absolute atomic E-state index is 12.3. The summed E-state index contributed by atoms with van der Waals surface area (Å²) >= 11 is 0. The predicted molar refractivity (Wildman–Crippen MR) is 86.1 cm³/mol. The van der Waals surface area contributed by atoms with E-state index in [1.54, 1.807) is 42.2 Å². The van der Waals surface area contributed by atoms with E-state index in [-0.39, 0.29) is 17.8 Å². The Balaban J connectivity index is 1.95. The van der Waals surface area contributed by atoms with E-state index in [1.807, 2.05) is 0 Å². The van der Waals surface area contributed by atoms with Crippen LogP contribution in [0.2, 0.25) is 0 Å². The van der Waals surface area contributed by atoms with Crippen molar-refractivity contribution < 1.29 is 14.3 Å². The molecule has 0 bridgehead atoms. The molecule has 2 rings (SSSR count). The Morgan fingerprint density at radius 3 is 2.78 bits per heavy atom. The summed E-state index contributed by atoms with van der Waals surface area (Å²) in [6, 6.07) is 9.06. The fraction of sp³-hybridized carbons (Fsp3) is 0.389. The Labute approximate surface area is 136 Å². The highest BCUT2D eigenvalue weighted by atomic mass is 16.5. The molecule has 5 nitrogen and oxygen atoms in total. The molecule has 5 heteroatoms. The third-order valence-corrected chi connectivity index (χ3v) is 3.81. The van der Waals surface area contributed by atoms with Gasteiger partial charge in [0, 0.05) is 19.2 Å². The summed E-state index contributed by atoms with van der Waals surface area (Å²) in [4.78, 5) is 25.7. The number of carbonyl (C=O) groups excluding carboxylic acids is 2. The first kappa shape index (κ1) is 16.8. The average Bonchev–Trinajstić information content (AvgIpc) is 2.60. The number of rotatable bonds is 4. The summed E-state index contributed by atoms with van der Waals surface area (Å²) in [5, 5.41) is 8.76. The van der Waals surface area contributed by atoms with Crippen molar-refractivity contribution in [1.29, 1.82) is 5.26 Å². The number of esters is 1. The second-order valence-electron chi connectivity index (χ2n) is 5.44. The SMILES string of the molecule is CCOC(=O)C1CCCN(C(=O)C=Cc2ccc(C#N)cc2)C1. The molecule has 0 aliphatic carbocycles. The monoisotopic (exact) mass is 312 g/mol. The van der Waals surface area contributed by atoms with Crippen LogP contribution >= 0.6 is 0 Å². The molecule has 0 N–H and O–H groups in total. The molecular weight excluding hydrogens is 292 g/mol. The number of carbonyl (C=O) groups is 2. The summed E-state index contributed by atoms with van der Waals surface area (Å²) in [6.45, 7) is 3.22. The van der Waals surface area contributed by atoms with Crippen molar-refractivity contribution in [2.75, 3.05) is 19.7 Å². The Hall–Kier alpha value is -2.61. The molecule has 0 saturated carbocycles. The van der Waals surface area contributed by atoms with Crippen LogP contribution in [0.3, 0.4) is 0 Å². The second kappa shape index (κ2) is 8.14. The van der Waals surface area contributed by atoms with E-state index in [4.69, 9.17) is 10.00 Å². The van der Waals surface area contributed by atoms with Crippen molar-refractivity contribution in [2.24, 2.45) is 5.92 Å². The number of likely N-dealkylation sites (tertiary alicyclic amines) is 1. The van der Waals surface area contributed by atoms with Gasteiger partial charge in [-0.3, -0.25) is 9.59 Å². The largest absolute Gasteiger partial charge is 0.466 e. The normalized spacial score (nSPS) is 17.7. The minimum atomic E-state index is -0.226. The lowest BCUT2D eigenvalue weighted by atomic mass is 9.98. The molecule has 1 atom stereocenters. The summed E-state index contributed by atoms with van der Waals surface area (Å²) < 4.78 is 5.04. The smallest absolute Gasteiger partial charge is 0.310 e. The van der Waals surface area contributed by atoms with Gasteiger partial charge in [0.15, 0.2) is 0 Å². The quantitative estimate of drug-likeness (QED) is 0.632. The van der Waals surface area contributed by atoms with E-state index in [9.17, 15) is 9.59 Å². The molecule has 1 aliphatic rings. The lowest BCUT2D eigenvalue weighted by molar-refractivity contribution is -0.150. The highest BCUT2D eigenvalue weighted by Crippen LogP contribution is 2.18. The fourth-order valence-corrected chi connectivity index (χ4v) is 2.57. The summed E-state index contributed by atoms with van der Waals surface area (Å²) in [5.74, 6) is -0.555. The van der Waals surface area contributed by atoms with Crippen molar-refractivity contribution >= 4 is 18.0 Å². The van der Waals surface area contributed by atoms with E-state index in [0.29, 0.717) is 25.3 Å². The Morgan fingerprint density at radius 2 is 2.13 bits per heavy atom. The number of nitriles is 1. The van der Waals surface area contributed by atoms with Crippen molar-refractivity contribution in [1.82, 2.24) is 4.90 Å². The number of ether oxygens (including phenoxy) is 1. The second-order valence-corrected chi connectivity index (χ2v) is 5.44. The lowest BCUT2D eigenvalue weighted by Crippen LogP contribution is -2.42. The van der Waals surface area contributed by atoms with Gasteiger partial charge in [-0.25, -0.2) is 0 Å². The number of hydrogen-bond donors (Lipinski definition) is 0. The van der Waals surface area contributed by atoms with Crippen LogP contribution in [0, 0.1) is 17.2 Å². The standard InChI is InChI=1S/C18H20N2O3/c1-2-23-18(22)16-4-3-11-20(13-16)17(21)10-9-14-5-7-15(12-19)8-6-14/h5-10,16H,2-4,11,13H2,1H3. The number of piperidine rings is 1. The number of amides is 1. The zero-order chi connectivity index (χ0) is 16.7. The van der Waals surface area contributed by atoms with E-state index < -0.39 is 0 Å². The van der Waals surface area contributed by atoms with Gasteiger partial charge in [-0.1, -0.05) is 12.1 Å². The molecule has 0 spiro atoms. The fourth-order valence-electron chi connectivity index (χ4n) is 2.57. The van der Waals surface area contributed by atoms with Crippen LogP contribution in [-0.2, 0) is 14.3 Å². The molecule has 0 radical (unpaired) electrons. The average molecular weight is 312 g/mol. The van der Waals surface area contributed by atoms with Gasteiger partial charge in [-0.05, 0) is 43.5 Å². The summed E-state index contributed by atoms with van der Waals surface area (Å²) in [5.41, 5.74) is 1.44. The molecule has 1 unspecified atom stereocenters. The molecule has 120 valence electrons. The summed E-state index contributed by atoms with van der Waals surface area (Å²) in [7, 11) is 0. The third kappa shape index (κ3) is 4.68. The predicted octanol–water partition coefficient (Wildman–Crippen LogP) is 2.37. The van der Waals surface area contributed by atoms with Gasteiger partial charge in [-0.2, -0.15) is 5.26 Å². The Bertz CT molecular complexity index is 629. The lowest BCUT2D eigenvalue weighted by Gasteiger charge is -2.30. The minimum Gasteiger partial charge on any atom is -0.466 e. The molecule has 1 aliphatic heterocycles. The van der Waals surface area contributed by atoms with Crippen molar-refractivity contribution in [3.8, 4) is 6.07 Å². The molecule has 23 heavy (non-hydrogen) atoms. The van der Waals surface area contributed by atoms with Crippen LogP contribution in [0.4, 0.5) is 0 Å². The van der Waals surface area contributed by atoms with Gasteiger partial charge in [0.2, 0.25) is 5.91 Å². The minimum absolute atomic E-state index is 0.108. The zero-order valence-corrected chi connectivity index (χ0v) is 13.2. The number of nitrogens with zero attached hydrogens (tertiary/aromatic N) is 2. The van der Waals surface area contributed by atoms with E-state index in [0.717, 1.165) is 18.4 Å². The van der Waals surface area contributed by atoms with Crippen LogP contribution in [-0.4, -0.2) is 36.5 Å². The van der Waals surface area contributed by atoms with Gasteiger partial charge >= 0.3 is 5.97 Å². The maximum atomic E-state index is 12.3. The van der Waals surface area contributed by atoms with Crippen LogP contribution in [0.5, 0.6) is 0 Å². The zero-order valence-electron chi connectivity index (χ0n) is 13.2. The molecule has 1 aromatic carbocycles. The molecule has 1 heterocycles. The van der Waals surface area contributed by atoms with Gasteiger partial charge in [0.1, 0.15) is 0 Å². The van der Waals surface area contributed by atoms with Crippen LogP contribution < -0.4 is 0 Å². The first-order valence-corrected chi connectivity index (χ1v) is 7.78. The number of hydrogen-bond acceptors (Lipinski definition) is 4. The highest BCUT2D eigenvalue weighted by Gasteiger charge is 2.28. The van der Waals surface area contributed by atoms with E-state index >= 15 is 0 Å². The van der Waals surface area contributed by atoms with E-state index in [1.165, 1.54) is 6.08 Å². The molecular formula is C18H20N2O3. The van der Waals surface area contributed by atoms with Crippen LogP contribution in [0.25, 0.3) is 6.08 Å². The van der Waals surface area contributed by atoms with Crippen molar-refractivity contribution in [3.63, 3.8) is 0 Å². The number of benzene rings is 1. The first-order chi connectivity index (χ1) is 11.1. The Kier molecular flexibility index (Phi) is 5.93. The van der Waals surface area contributed by atoms with Crippen LogP contribution in [0.15, 0.2) is 30.3 Å². The maximum Gasteiger partial charge on any atom is 0.310 e. The Morgan fingerprint density at radius 1 is 1.39 bits per heavy atom. The molecule has 1 fully saturated rings. The van der Waals surface area contributed by atoms with E-state index in [2.05, 4.69) is 6.07 Å². The first-order valence-electron chi connectivity index (χ1n) is 7.78. The topological polar surface area (TPSA) is 70.4 Å². The van der Waals surface area contributed by atoms with Crippen LogP contribution in [0.1, 0.15) is 30.9 Å². The molecule has 0 aromatic heterocycles. The van der Waals surface area contributed by atoms with Gasteiger partial charge in [0.25, 0.3) is 0 Å². The highest BCUT2D eigenvalue weighted by molar-refractivity contribution is 5.92. The van der Waals surface area contributed by atoms with Crippen molar-refractivity contribution in [2.45, 2.75) is 19.8 Å².